The Morgan fingerprint density at radius 1 is 1.30 bits per heavy atom. The first-order valence-corrected chi connectivity index (χ1v) is 7.66. The van der Waals surface area contributed by atoms with Gasteiger partial charge in [0.25, 0.3) is 0 Å². The number of carbonyl (C=O) groups excluding carboxylic acids is 1. The van der Waals surface area contributed by atoms with Crippen LogP contribution in [0.3, 0.4) is 0 Å². The molecule has 0 saturated carbocycles. The molecule has 1 amide bonds. The van der Waals surface area contributed by atoms with E-state index in [0.29, 0.717) is 6.42 Å². The van der Waals surface area contributed by atoms with Gasteiger partial charge in [-0.25, -0.2) is 0 Å². The van der Waals surface area contributed by atoms with E-state index >= 15 is 0 Å². The number of hydrogen-bond acceptors (Lipinski definition) is 2. The molecule has 3 heteroatoms. The Kier molecular flexibility index (Phi) is 5.60. The molecule has 1 fully saturated rings. The van der Waals surface area contributed by atoms with Gasteiger partial charge in [-0.15, -0.1) is 0 Å². The van der Waals surface area contributed by atoms with Gasteiger partial charge >= 0.3 is 0 Å². The standard InChI is InChI=1S/C17H26N2O/c1-14-5-3-4-6-16(14)13-17(20)19(2)12-9-15-7-10-18-11-8-15/h3-6,15,18H,7-13H2,1-2H3. The van der Waals surface area contributed by atoms with Gasteiger partial charge in [0, 0.05) is 13.6 Å². The van der Waals surface area contributed by atoms with Crippen LogP contribution in [0.4, 0.5) is 0 Å². The Morgan fingerprint density at radius 3 is 2.70 bits per heavy atom. The molecule has 0 aliphatic carbocycles. The molecule has 1 saturated heterocycles. The third-order valence-electron chi connectivity index (χ3n) is 4.36. The number of amides is 1. The number of aryl methyl sites for hydroxylation is 1. The summed E-state index contributed by atoms with van der Waals surface area (Å²) in [6, 6.07) is 8.14. The first-order chi connectivity index (χ1) is 9.66. The van der Waals surface area contributed by atoms with Gasteiger partial charge in [0.1, 0.15) is 0 Å². The summed E-state index contributed by atoms with van der Waals surface area (Å²) in [5.74, 6) is 1.01. The third-order valence-corrected chi connectivity index (χ3v) is 4.36. The maximum atomic E-state index is 12.3. The van der Waals surface area contributed by atoms with E-state index < -0.39 is 0 Å². The first kappa shape index (κ1) is 15.0. The van der Waals surface area contributed by atoms with Gasteiger partial charge < -0.3 is 10.2 Å². The molecule has 20 heavy (non-hydrogen) atoms. The van der Waals surface area contributed by atoms with Crippen molar-refractivity contribution >= 4 is 5.91 Å². The molecule has 110 valence electrons. The van der Waals surface area contributed by atoms with Gasteiger partial charge in [0.05, 0.1) is 6.42 Å². The van der Waals surface area contributed by atoms with Crippen molar-refractivity contribution in [3.8, 4) is 0 Å². The summed E-state index contributed by atoms with van der Waals surface area (Å²) in [6.07, 6.45) is 4.16. The number of nitrogens with one attached hydrogen (secondary N) is 1. The summed E-state index contributed by atoms with van der Waals surface area (Å²) in [5.41, 5.74) is 2.35. The van der Waals surface area contributed by atoms with Crippen LogP contribution < -0.4 is 5.32 Å². The smallest absolute Gasteiger partial charge is 0.226 e. The van der Waals surface area contributed by atoms with E-state index in [-0.39, 0.29) is 5.91 Å². The molecule has 0 atom stereocenters. The highest BCUT2D eigenvalue weighted by Crippen LogP contribution is 2.16. The van der Waals surface area contributed by atoms with E-state index in [2.05, 4.69) is 18.3 Å². The average molecular weight is 274 g/mol. The number of carbonyl (C=O) groups is 1. The quantitative estimate of drug-likeness (QED) is 0.894. The van der Waals surface area contributed by atoms with E-state index in [1.165, 1.54) is 18.4 Å². The molecule has 1 aliphatic heterocycles. The minimum atomic E-state index is 0.230. The minimum absolute atomic E-state index is 0.230. The normalized spacial score (nSPS) is 16.1. The van der Waals surface area contributed by atoms with E-state index in [0.717, 1.165) is 37.5 Å². The first-order valence-electron chi connectivity index (χ1n) is 7.66. The van der Waals surface area contributed by atoms with Crippen molar-refractivity contribution in [1.82, 2.24) is 10.2 Å². The second-order valence-corrected chi connectivity index (χ2v) is 5.90. The molecular formula is C17H26N2O. The highest BCUT2D eigenvalue weighted by atomic mass is 16.2. The molecule has 3 nitrogen and oxygen atoms in total. The second kappa shape index (κ2) is 7.44. The number of piperidine rings is 1. The molecule has 2 rings (SSSR count). The monoisotopic (exact) mass is 274 g/mol. The summed E-state index contributed by atoms with van der Waals surface area (Å²) in [5, 5.41) is 3.38. The number of benzene rings is 1. The highest BCUT2D eigenvalue weighted by Gasteiger charge is 2.16. The Balaban J connectivity index is 1.78. The molecule has 0 unspecified atom stereocenters. The lowest BCUT2D eigenvalue weighted by Gasteiger charge is -2.25. The second-order valence-electron chi connectivity index (χ2n) is 5.90. The Bertz CT molecular complexity index is 438. The van der Waals surface area contributed by atoms with Crippen molar-refractivity contribution in [2.45, 2.75) is 32.6 Å². The van der Waals surface area contributed by atoms with Crippen molar-refractivity contribution in [2.24, 2.45) is 5.92 Å². The molecule has 0 radical (unpaired) electrons. The fraction of sp³-hybridized carbons (Fsp3) is 0.588. The number of hydrogen-bond donors (Lipinski definition) is 1. The van der Waals surface area contributed by atoms with Crippen molar-refractivity contribution in [3.63, 3.8) is 0 Å². The SMILES string of the molecule is Cc1ccccc1CC(=O)N(C)CCC1CCNCC1. The third kappa shape index (κ3) is 4.34. The maximum absolute atomic E-state index is 12.3. The highest BCUT2D eigenvalue weighted by molar-refractivity contribution is 5.78. The lowest BCUT2D eigenvalue weighted by Crippen LogP contribution is -2.33. The van der Waals surface area contributed by atoms with Crippen LogP contribution in [0.1, 0.15) is 30.4 Å². The van der Waals surface area contributed by atoms with Gasteiger partial charge in [0.2, 0.25) is 5.91 Å². The van der Waals surface area contributed by atoms with Crippen molar-refractivity contribution in [1.29, 1.82) is 0 Å². The topological polar surface area (TPSA) is 32.3 Å². The predicted octanol–water partition coefficient (Wildman–Crippen LogP) is 2.39. The molecule has 1 aromatic carbocycles. The maximum Gasteiger partial charge on any atom is 0.226 e. The summed E-state index contributed by atoms with van der Waals surface area (Å²) >= 11 is 0. The number of nitrogens with zero attached hydrogens (tertiary/aromatic N) is 1. The molecule has 0 aromatic heterocycles. The Morgan fingerprint density at radius 2 is 2.00 bits per heavy atom. The van der Waals surface area contributed by atoms with Crippen LogP contribution in [0.2, 0.25) is 0 Å². The predicted molar refractivity (Wildman–Crippen MR) is 82.7 cm³/mol. The van der Waals surface area contributed by atoms with Crippen LogP contribution in [0.5, 0.6) is 0 Å². The zero-order chi connectivity index (χ0) is 14.4. The zero-order valence-corrected chi connectivity index (χ0v) is 12.7. The van der Waals surface area contributed by atoms with Crippen molar-refractivity contribution in [2.75, 3.05) is 26.7 Å². The summed E-state index contributed by atoms with van der Waals surface area (Å²) in [7, 11) is 1.93. The van der Waals surface area contributed by atoms with E-state index in [4.69, 9.17) is 0 Å². The lowest BCUT2D eigenvalue weighted by atomic mass is 9.94. The van der Waals surface area contributed by atoms with Crippen LogP contribution >= 0.6 is 0 Å². The van der Waals surface area contributed by atoms with E-state index in [9.17, 15) is 4.79 Å². The molecule has 1 N–H and O–H groups in total. The summed E-state index contributed by atoms with van der Waals surface area (Å²) < 4.78 is 0. The largest absolute Gasteiger partial charge is 0.345 e. The molecule has 0 spiro atoms. The Hall–Kier alpha value is -1.35. The van der Waals surface area contributed by atoms with Gasteiger partial charge in [-0.3, -0.25) is 4.79 Å². The number of likely N-dealkylation sites (N-methyl/N-ethyl adjacent to an activating group) is 1. The molecule has 0 bridgehead atoms. The van der Waals surface area contributed by atoms with Gasteiger partial charge in [-0.1, -0.05) is 24.3 Å². The molecule has 1 aliphatic rings. The lowest BCUT2D eigenvalue weighted by molar-refractivity contribution is -0.129. The van der Waals surface area contributed by atoms with E-state index in [1.54, 1.807) is 0 Å². The summed E-state index contributed by atoms with van der Waals surface area (Å²) in [4.78, 5) is 14.1. The van der Waals surface area contributed by atoms with Crippen LogP contribution in [-0.2, 0) is 11.2 Å². The fourth-order valence-electron chi connectivity index (χ4n) is 2.78. The van der Waals surface area contributed by atoms with Gasteiger partial charge in [0.15, 0.2) is 0 Å². The van der Waals surface area contributed by atoms with Gasteiger partial charge in [-0.05, 0) is 56.3 Å². The molecular weight excluding hydrogens is 248 g/mol. The summed E-state index contributed by atoms with van der Waals surface area (Å²) in [6.45, 7) is 5.21. The minimum Gasteiger partial charge on any atom is -0.345 e. The van der Waals surface area contributed by atoms with Crippen LogP contribution in [0.15, 0.2) is 24.3 Å². The van der Waals surface area contributed by atoms with Crippen LogP contribution in [-0.4, -0.2) is 37.5 Å². The van der Waals surface area contributed by atoms with Crippen LogP contribution in [0.25, 0.3) is 0 Å². The average Bonchev–Trinajstić information content (AvgIpc) is 2.48. The van der Waals surface area contributed by atoms with Gasteiger partial charge in [-0.2, -0.15) is 0 Å². The number of rotatable bonds is 5. The van der Waals surface area contributed by atoms with Crippen LogP contribution in [0, 0.1) is 12.8 Å². The zero-order valence-electron chi connectivity index (χ0n) is 12.7. The van der Waals surface area contributed by atoms with Crippen molar-refractivity contribution in [3.05, 3.63) is 35.4 Å². The fourth-order valence-corrected chi connectivity index (χ4v) is 2.78. The van der Waals surface area contributed by atoms with E-state index in [1.807, 2.05) is 30.1 Å². The molecule has 1 aromatic rings. The van der Waals surface area contributed by atoms with Crippen molar-refractivity contribution < 1.29 is 4.79 Å². The Labute approximate surface area is 122 Å². The molecule has 1 heterocycles.